The van der Waals surface area contributed by atoms with Gasteiger partial charge in [-0.15, -0.1) is 0 Å². The fourth-order valence-electron chi connectivity index (χ4n) is 3.05. The molecule has 0 fully saturated rings. The summed E-state index contributed by atoms with van der Waals surface area (Å²) in [6.45, 7) is 6.80. The fraction of sp³-hybridized carbons (Fsp3) is 0.238. The molecule has 2 amide bonds. The van der Waals surface area contributed by atoms with Crippen LogP contribution in [-0.4, -0.2) is 24.2 Å². The Bertz CT molecular complexity index is 909. The topological polar surface area (TPSA) is 63.2 Å². The van der Waals surface area contributed by atoms with E-state index in [1.165, 1.54) is 5.56 Å². The number of fused-ring (bicyclic) bond motifs is 1. The van der Waals surface area contributed by atoms with E-state index in [1.54, 1.807) is 6.20 Å². The Hall–Kier alpha value is -3.08. The molecule has 5 nitrogen and oxygen atoms in total. The van der Waals surface area contributed by atoms with E-state index in [0.717, 1.165) is 33.5 Å². The van der Waals surface area contributed by atoms with E-state index in [1.807, 2.05) is 51.1 Å². The molecular weight excluding hydrogens is 326 g/mol. The highest BCUT2D eigenvalue weighted by Gasteiger charge is 2.08. The van der Waals surface area contributed by atoms with Crippen molar-refractivity contribution in [3.8, 4) is 5.75 Å². The van der Waals surface area contributed by atoms with Gasteiger partial charge in [-0.1, -0.05) is 35.9 Å². The van der Waals surface area contributed by atoms with Crippen LogP contribution < -0.4 is 15.4 Å². The number of nitrogens with one attached hydrogen (secondary N) is 2. The second kappa shape index (κ2) is 7.87. The zero-order chi connectivity index (χ0) is 18.5. The molecular formula is C21H23N3O2. The minimum absolute atomic E-state index is 0.236. The van der Waals surface area contributed by atoms with E-state index in [4.69, 9.17) is 4.74 Å². The normalized spacial score (nSPS) is 10.6. The van der Waals surface area contributed by atoms with E-state index in [2.05, 4.69) is 27.8 Å². The Morgan fingerprint density at radius 3 is 2.58 bits per heavy atom. The number of hydrogen-bond acceptors (Lipinski definition) is 3. The molecule has 3 rings (SSSR count). The van der Waals surface area contributed by atoms with Crippen LogP contribution in [0, 0.1) is 20.8 Å². The summed E-state index contributed by atoms with van der Waals surface area (Å²) in [6, 6.07) is 13.6. The summed E-state index contributed by atoms with van der Waals surface area (Å²) in [6.07, 6.45) is 1.74. The van der Waals surface area contributed by atoms with Crippen molar-refractivity contribution < 1.29 is 9.53 Å². The number of pyridine rings is 1. The summed E-state index contributed by atoms with van der Waals surface area (Å²) in [5.74, 6) is 0.718. The van der Waals surface area contributed by atoms with Crippen LogP contribution in [0.4, 0.5) is 10.5 Å². The predicted octanol–water partition coefficient (Wildman–Crippen LogP) is 4.36. The summed E-state index contributed by atoms with van der Waals surface area (Å²) in [7, 11) is 0. The van der Waals surface area contributed by atoms with Gasteiger partial charge in [0.15, 0.2) is 0 Å². The first-order valence-electron chi connectivity index (χ1n) is 8.64. The van der Waals surface area contributed by atoms with E-state index in [9.17, 15) is 4.79 Å². The molecule has 0 bridgehead atoms. The monoisotopic (exact) mass is 349 g/mol. The van der Waals surface area contributed by atoms with Crippen LogP contribution in [0.2, 0.25) is 0 Å². The molecule has 0 unspecified atom stereocenters. The molecule has 1 heterocycles. The Morgan fingerprint density at radius 2 is 1.81 bits per heavy atom. The molecule has 0 aliphatic heterocycles. The van der Waals surface area contributed by atoms with Crippen molar-refractivity contribution in [1.82, 2.24) is 10.3 Å². The number of carbonyl (C=O) groups excluding carboxylic acids is 1. The number of aryl methyl sites for hydroxylation is 3. The number of hydrogen-bond donors (Lipinski definition) is 2. The van der Waals surface area contributed by atoms with Gasteiger partial charge >= 0.3 is 6.03 Å². The number of benzene rings is 2. The SMILES string of the molecule is Cc1cc(C)c(NC(=O)NCCOc2cccc3cccnc23)c(C)c1. The maximum atomic E-state index is 12.1. The summed E-state index contributed by atoms with van der Waals surface area (Å²) in [5.41, 5.74) is 4.96. The highest BCUT2D eigenvalue weighted by atomic mass is 16.5. The second-order valence-corrected chi connectivity index (χ2v) is 6.33. The van der Waals surface area contributed by atoms with Crippen LogP contribution in [0.5, 0.6) is 5.75 Å². The largest absolute Gasteiger partial charge is 0.489 e. The number of aromatic nitrogens is 1. The summed E-state index contributed by atoms with van der Waals surface area (Å²) >= 11 is 0. The number of rotatable bonds is 5. The van der Waals surface area contributed by atoms with Crippen LogP contribution >= 0.6 is 0 Å². The van der Waals surface area contributed by atoms with E-state index < -0.39 is 0 Å². The van der Waals surface area contributed by atoms with Crippen molar-refractivity contribution in [2.75, 3.05) is 18.5 Å². The smallest absolute Gasteiger partial charge is 0.319 e. The molecule has 1 aromatic heterocycles. The minimum atomic E-state index is -0.236. The molecule has 3 aromatic rings. The predicted molar refractivity (Wildman–Crippen MR) is 105 cm³/mol. The number of anilines is 1. The fourth-order valence-corrected chi connectivity index (χ4v) is 3.05. The lowest BCUT2D eigenvalue weighted by molar-refractivity contribution is 0.247. The average Bonchev–Trinajstić information content (AvgIpc) is 2.62. The van der Waals surface area contributed by atoms with Gasteiger partial charge in [0, 0.05) is 17.3 Å². The van der Waals surface area contributed by atoms with Gasteiger partial charge in [-0.3, -0.25) is 4.98 Å². The summed E-state index contributed by atoms with van der Waals surface area (Å²) in [4.78, 5) is 16.5. The van der Waals surface area contributed by atoms with Crippen LogP contribution in [-0.2, 0) is 0 Å². The molecule has 0 aliphatic carbocycles. The molecule has 0 radical (unpaired) electrons. The Kier molecular flexibility index (Phi) is 5.37. The van der Waals surface area contributed by atoms with Crippen LogP contribution in [0.15, 0.2) is 48.7 Å². The van der Waals surface area contributed by atoms with Crippen molar-refractivity contribution in [1.29, 1.82) is 0 Å². The van der Waals surface area contributed by atoms with Crippen LogP contribution in [0.25, 0.3) is 10.9 Å². The van der Waals surface area contributed by atoms with Crippen molar-refractivity contribution in [3.05, 3.63) is 65.4 Å². The number of amides is 2. The number of ether oxygens (including phenoxy) is 1. The maximum absolute atomic E-state index is 12.1. The van der Waals surface area contributed by atoms with Crippen molar-refractivity contribution >= 4 is 22.6 Å². The molecule has 0 aliphatic rings. The number of nitrogens with zero attached hydrogens (tertiary/aromatic N) is 1. The lowest BCUT2D eigenvalue weighted by Gasteiger charge is -2.14. The third-order valence-electron chi connectivity index (χ3n) is 4.16. The number of para-hydroxylation sites is 1. The average molecular weight is 349 g/mol. The third kappa shape index (κ3) is 4.11. The highest BCUT2D eigenvalue weighted by molar-refractivity contribution is 5.91. The summed E-state index contributed by atoms with van der Waals surface area (Å²) < 4.78 is 5.78. The standard InChI is InChI=1S/C21H23N3O2/c1-14-12-15(2)19(16(3)13-14)24-21(25)23-10-11-26-18-8-4-6-17-7-5-9-22-20(17)18/h4-9,12-13H,10-11H2,1-3H3,(H2,23,24,25). The van der Waals surface area contributed by atoms with Crippen molar-refractivity contribution in [2.24, 2.45) is 0 Å². The van der Waals surface area contributed by atoms with E-state index >= 15 is 0 Å². The third-order valence-corrected chi connectivity index (χ3v) is 4.16. The molecule has 0 saturated heterocycles. The molecule has 134 valence electrons. The zero-order valence-corrected chi connectivity index (χ0v) is 15.3. The van der Waals surface area contributed by atoms with Gasteiger partial charge in [-0.2, -0.15) is 0 Å². The molecule has 2 aromatic carbocycles. The lowest BCUT2D eigenvalue weighted by atomic mass is 10.1. The molecule has 2 N–H and O–H groups in total. The Labute approximate surface area is 153 Å². The first-order chi connectivity index (χ1) is 12.5. The van der Waals surface area contributed by atoms with E-state index in [-0.39, 0.29) is 6.03 Å². The number of carbonyl (C=O) groups is 1. The van der Waals surface area contributed by atoms with Crippen molar-refractivity contribution in [3.63, 3.8) is 0 Å². The zero-order valence-electron chi connectivity index (χ0n) is 15.3. The first kappa shape index (κ1) is 17.7. The number of urea groups is 1. The van der Waals surface area contributed by atoms with Gasteiger partial charge in [0.25, 0.3) is 0 Å². The Morgan fingerprint density at radius 1 is 1.08 bits per heavy atom. The van der Waals surface area contributed by atoms with Gasteiger partial charge in [0.05, 0.1) is 6.54 Å². The van der Waals surface area contributed by atoms with E-state index in [0.29, 0.717) is 13.2 Å². The van der Waals surface area contributed by atoms with Gasteiger partial charge in [0.2, 0.25) is 0 Å². The van der Waals surface area contributed by atoms with Gasteiger partial charge < -0.3 is 15.4 Å². The first-order valence-corrected chi connectivity index (χ1v) is 8.64. The van der Waals surface area contributed by atoms with Crippen LogP contribution in [0.3, 0.4) is 0 Å². The molecule has 0 spiro atoms. The quantitative estimate of drug-likeness (QED) is 0.673. The second-order valence-electron chi connectivity index (χ2n) is 6.33. The molecule has 26 heavy (non-hydrogen) atoms. The summed E-state index contributed by atoms with van der Waals surface area (Å²) in [5, 5.41) is 6.77. The molecule has 5 heteroatoms. The molecule has 0 saturated carbocycles. The van der Waals surface area contributed by atoms with Gasteiger partial charge in [-0.05, 0) is 44.0 Å². The van der Waals surface area contributed by atoms with Gasteiger partial charge in [0.1, 0.15) is 17.9 Å². The molecule has 0 atom stereocenters. The van der Waals surface area contributed by atoms with Crippen molar-refractivity contribution in [2.45, 2.75) is 20.8 Å². The Balaban J connectivity index is 1.53. The van der Waals surface area contributed by atoms with Gasteiger partial charge in [-0.25, -0.2) is 4.79 Å². The van der Waals surface area contributed by atoms with Crippen LogP contribution in [0.1, 0.15) is 16.7 Å². The minimum Gasteiger partial charge on any atom is -0.489 e. The highest BCUT2D eigenvalue weighted by Crippen LogP contribution is 2.23. The maximum Gasteiger partial charge on any atom is 0.319 e. The lowest BCUT2D eigenvalue weighted by Crippen LogP contribution is -2.32.